The molecule has 1 aliphatic rings. The lowest BCUT2D eigenvalue weighted by Gasteiger charge is -2.28. The smallest absolute Gasteiger partial charge is 0.290 e. The molecule has 0 saturated heterocycles. The number of rotatable bonds is 8. The van der Waals surface area contributed by atoms with Crippen LogP contribution in [-0.4, -0.2) is 62.7 Å². The molecule has 0 spiro atoms. The molecule has 1 amide bonds. The Balaban J connectivity index is 2.02. The molecule has 7 nitrogen and oxygen atoms in total. The van der Waals surface area contributed by atoms with E-state index in [0.717, 1.165) is 18.1 Å². The second kappa shape index (κ2) is 8.84. The van der Waals surface area contributed by atoms with Crippen LogP contribution in [0.3, 0.4) is 0 Å². The molecular weight excluding hydrogens is 388 g/mol. The van der Waals surface area contributed by atoms with Crippen molar-refractivity contribution < 1.29 is 14.7 Å². The zero-order chi connectivity index (χ0) is 21.1. The van der Waals surface area contributed by atoms with Crippen LogP contribution in [0.1, 0.15) is 46.0 Å². The van der Waals surface area contributed by atoms with Crippen molar-refractivity contribution in [2.45, 2.75) is 33.7 Å². The Morgan fingerprint density at radius 2 is 2.00 bits per heavy atom. The third kappa shape index (κ3) is 4.09. The Morgan fingerprint density at radius 1 is 1.28 bits per heavy atom. The molecule has 2 aromatic heterocycles. The van der Waals surface area contributed by atoms with Crippen LogP contribution in [-0.2, 0) is 4.79 Å². The average Bonchev–Trinajstić information content (AvgIpc) is 3.19. The van der Waals surface area contributed by atoms with Crippen LogP contribution in [0.4, 0.5) is 0 Å². The Kier molecular flexibility index (Phi) is 6.44. The van der Waals surface area contributed by atoms with Crippen molar-refractivity contribution in [2.24, 2.45) is 0 Å². The summed E-state index contributed by atoms with van der Waals surface area (Å²) in [6.45, 7) is 10.5. The number of pyridine rings is 1. The van der Waals surface area contributed by atoms with Gasteiger partial charge in [0.1, 0.15) is 6.04 Å². The topological polar surface area (TPSA) is 86.6 Å². The van der Waals surface area contributed by atoms with Crippen molar-refractivity contribution in [1.29, 1.82) is 0 Å². The molecule has 3 rings (SSSR count). The van der Waals surface area contributed by atoms with Gasteiger partial charge in [0.2, 0.25) is 5.78 Å². The Morgan fingerprint density at radius 3 is 2.55 bits per heavy atom. The van der Waals surface area contributed by atoms with Gasteiger partial charge in [-0.2, -0.15) is 0 Å². The van der Waals surface area contributed by atoms with E-state index in [1.165, 1.54) is 11.3 Å². The summed E-state index contributed by atoms with van der Waals surface area (Å²) >= 11 is 1.27. The molecule has 0 unspecified atom stereocenters. The van der Waals surface area contributed by atoms with Crippen molar-refractivity contribution in [1.82, 2.24) is 19.8 Å². The molecule has 0 bridgehead atoms. The summed E-state index contributed by atoms with van der Waals surface area (Å²) in [7, 11) is 0. The summed E-state index contributed by atoms with van der Waals surface area (Å²) in [5.41, 5.74) is 1.25. The normalized spacial score (nSPS) is 16.9. The zero-order valence-electron chi connectivity index (χ0n) is 17.2. The summed E-state index contributed by atoms with van der Waals surface area (Å²) < 4.78 is 0. The Bertz CT molecular complexity index is 935. The molecule has 0 fully saturated rings. The minimum Gasteiger partial charge on any atom is -0.503 e. The predicted molar refractivity (Wildman–Crippen MR) is 112 cm³/mol. The first-order valence-corrected chi connectivity index (χ1v) is 10.6. The van der Waals surface area contributed by atoms with Crippen LogP contribution in [0.2, 0.25) is 0 Å². The number of hydrogen-bond acceptors (Lipinski definition) is 7. The molecule has 0 radical (unpaired) electrons. The van der Waals surface area contributed by atoms with Crippen LogP contribution >= 0.6 is 11.3 Å². The minimum atomic E-state index is -0.714. The number of likely N-dealkylation sites (N-methyl/N-ethyl adjacent to an activating group) is 1. The summed E-state index contributed by atoms with van der Waals surface area (Å²) in [5, 5.41) is 11.4. The quantitative estimate of drug-likeness (QED) is 0.668. The van der Waals surface area contributed by atoms with E-state index in [4.69, 9.17) is 0 Å². The van der Waals surface area contributed by atoms with Gasteiger partial charge in [0, 0.05) is 19.3 Å². The number of ketones is 1. The highest BCUT2D eigenvalue weighted by atomic mass is 32.1. The van der Waals surface area contributed by atoms with E-state index in [0.29, 0.717) is 29.4 Å². The maximum Gasteiger partial charge on any atom is 0.290 e. The molecule has 29 heavy (non-hydrogen) atoms. The number of aryl methyl sites for hydroxylation is 2. The van der Waals surface area contributed by atoms with E-state index in [1.807, 2.05) is 13.0 Å². The summed E-state index contributed by atoms with van der Waals surface area (Å²) in [6.07, 6.45) is 1.63. The van der Waals surface area contributed by atoms with Gasteiger partial charge in [0.15, 0.2) is 5.76 Å². The molecule has 8 heteroatoms. The van der Waals surface area contributed by atoms with Gasteiger partial charge in [-0.15, -0.1) is 11.3 Å². The van der Waals surface area contributed by atoms with Crippen LogP contribution < -0.4 is 0 Å². The highest BCUT2D eigenvalue weighted by molar-refractivity contribution is 7.14. The van der Waals surface area contributed by atoms with Crippen LogP contribution in [0.15, 0.2) is 35.7 Å². The molecule has 1 N–H and O–H groups in total. The van der Waals surface area contributed by atoms with Crippen LogP contribution in [0.25, 0.3) is 0 Å². The van der Waals surface area contributed by atoms with Gasteiger partial charge in [0.05, 0.1) is 26.8 Å². The van der Waals surface area contributed by atoms with E-state index < -0.39 is 17.7 Å². The number of nitrogens with zero attached hydrogens (tertiary/aromatic N) is 4. The molecular formula is C21H26N4O3S. The fraction of sp³-hybridized carbons (Fsp3) is 0.429. The van der Waals surface area contributed by atoms with E-state index >= 15 is 0 Å². The van der Waals surface area contributed by atoms with Crippen molar-refractivity contribution in [2.75, 3.05) is 26.2 Å². The van der Waals surface area contributed by atoms with Gasteiger partial charge in [-0.05, 0) is 39.1 Å². The number of carbonyl (C=O) groups is 2. The number of hydrogen-bond donors (Lipinski definition) is 1. The van der Waals surface area contributed by atoms with Gasteiger partial charge >= 0.3 is 0 Å². The molecule has 0 saturated carbocycles. The third-order valence-corrected chi connectivity index (χ3v) is 6.25. The molecule has 1 aliphatic heterocycles. The van der Waals surface area contributed by atoms with Gasteiger partial charge in [-0.3, -0.25) is 14.6 Å². The van der Waals surface area contributed by atoms with Crippen molar-refractivity contribution in [3.8, 4) is 0 Å². The monoisotopic (exact) mass is 414 g/mol. The third-order valence-electron chi connectivity index (χ3n) is 5.18. The average molecular weight is 415 g/mol. The number of amides is 1. The fourth-order valence-corrected chi connectivity index (χ4v) is 4.49. The maximum atomic E-state index is 13.4. The molecule has 0 aliphatic carbocycles. The molecule has 1 atom stereocenters. The van der Waals surface area contributed by atoms with E-state index in [1.54, 1.807) is 30.2 Å². The molecule has 154 valence electrons. The van der Waals surface area contributed by atoms with Gasteiger partial charge in [-0.1, -0.05) is 19.9 Å². The number of carbonyl (C=O) groups excluding carboxylic acids is 2. The number of thiazole rings is 1. The molecule has 0 aromatic carbocycles. The fourth-order valence-electron chi connectivity index (χ4n) is 3.61. The number of aliphatic hydroxyl groups excluding tert-OH is 1. The van der Waals surface area contributed by atoms with Gasteiger partial charge in [0.25, 0.3) is 5.91 Å². The second-order valence-electron chi connectivity index (χ2n) is 6.92. The van der Waals surface area contributed by atoms with Crippen molar-refractivity contribution in [3.05, 3.63) is 57.0 Å². The van der Waals surface area contributed by atoms with E-state index in [9.17, 15) is 14.7 Å². The first-order chi connectivity index (χ1) is 13.9. The SMILES string of the molecule is CCN(CC)CCN1C(=O)C(O)=C(C(=O)c2sc(C)nc2C)[C@H]1c1ccccn1. The standard InChI is InChI=1S/C21H26N4O3S/c1-5-24(6-2)11-12-25-17(15-9-7-8-10-22-15)16(19(27)21(25)28)18(26)20-13(3)23-14(4)29-20/h7-10,17,27H,5-6,11-12H2,1-4H3/t17-/m1/s1. The zero-order valence-corrected chi connectivity index (χ0v) is 18.0. The highest BCUT2D eigenvalue weighted by Crippen LogP contribution is 2.39. The maximum absolute atomic E-state index is 13.4. The first kappa shape index (κ1) is 21.1. The lowest BCUT2D eigenvalue weighted by Crippen LogP contribution is -2.38. The Hall–Kier alpha value is -2.58. The van der Waals surface area contributed by atoms with Crippen molar-refractivity contribution in [3.63, 3.8) is 0 Å². The number of Topliss-reactive ketones (excluding diaryl/α,β-unsaturated/α-hetero) is 1. The molecule has 3 heterocycles. The van der Waals surface area contributed by atoms with Gasteiger partial charge < -0.3 is 14.9 Å². The predicted octanol–water partition coefficient (Wildman–Crippen LogP) is 3.08. The number of aromatic nitrogens is 2. The lowest BCUT2D eigenvalue weighted by molar-refractivity contribution is -0.129. The lowest BCUT2D eigenvalue weighted by atomic mass is 9.98. The van der Waals surface area contributed by atoms with Crippen LogP contribution in [0, 0.1) is 13.8 Å². The summed E-state index contributed by atoms with van der Waals surface area (Å²) in [5.74, 6) is -1.38. The summed E-state index contributed by atoms with van der Waals surface area (Å²) in [4.78, 5) is 39.2. The molecule has 2 aromatic rings. The van der Waals surface area contributed by atoms with Crippen LogP contribution in [0.5, 0.6) is 0 Å². The highest BCUT2D eigenvalue weighted by Gasteiger charge is 2.45. The minimum absolute atomic E-state index is 0.0833. The largest absolute Gasteiger partial charge is 0.503 e. The number of aliphatic hydroxyl groups is 1. The first-order valence-electron chi connectivity index (χ1n) is 9.75. The summed E-state index contributed by atoms with van der Waals surface area (Å²) in [6, 6.07) is 4.66. The second-order valence-corrected chi connectivity index (χ2v) is 8.12. The van der Waals surface area contributed by atoms with E-state index in [-0.39, 0.29) is 11.4 Å². The van der Waals surface area contributed by atoms with Crippen molar-refractivity contribution >= 4 is 23.0 Å². The van der Waals surface area contributed by atoms with Gasteiger partial charge in [-0.25, -0.2) is 4.98 Å². The Labute approximate surface area is 174 Å². The van der Waals surface area contributed by atoms with E-state index in [2.05, 4.69) is 28.7 Å².